The molecule has 0 aliphatic heterocycles. The second-order valence-corrected chi connectivity index (χ2v) is 6.64. The van der Waals surface area contributed by atoms with E-state index in [1.165, 1.54) is 36.6 Å². The number of hydrogen-bond acceptors (Lipinski definition) is 4. The summed E-state index contributed by atoms with van der Waals surface area (Å²) < 4.78 is 13.2. The molecule has 6 nitrogen and oxygen atoms in total. The van der Waals surface area contributed by atoms with Crippen molar-refractivity contribution in [1.82, 2.24) is 10.7 Å². The van der Waals surface area contributed by atoms with Gasteiger partial charge in [0.1, 0.15) is 17.3 Å². The number of nitrogens with zero attached hydrogens (tertiary/aromatic N) is 1. The van der Waals surface area contributed by atoms with Crippen LogP contribution in [-0.4, -0.2) is 23.1 Å². The van der Waals surface area contributed by atoms with Crippen molar-refractivity contribution >= 4 is 24.1 Å². The number of phenols is 1. The van der Waals surface area contributed by atoms with E-state index >= 15 is 0 Å². The molecular weight excluding hydrogens is 397 g/mol. The third-order valence-corrected chi connectivity index (χ3v) is 4.35. The molecule has 0 aliphatic carbocycles. The SMILES string of the molecule is Cc1cccc(/C=N/NC(=O)/C(=C\c2ccc(F)cc2)NC(=O)c2ccccc2)c1O. The van der Waals surface area contributed by atoms with Crippen molar-refractivity contribution < 1.29 is 19.1 Å². The fourth-order valence-electron chi connectivity index (χ4n) is 2.67. The van der Waals surface area contributed by atoms with E-state index < -0.39 is 17.6 Å². The molecular formula is C24H20FN3O3. The van der Waals surface area contributed by atoms with Crippen molar-refractivity contribution in [1.29, 1.82) is 0 Å². The van der Waals surface area contributed by atoms with Crippen LogP contribution in [0.2, 0.25) is 0 Å². The van der Waals surface area contributed by atoms with E-state index in [4.69, 9.17) is 0 Å². The minimum atomic E-state index is -0.683. The second-order valence-electron chi connectivity index (χ2n) is 6.64. The summed E-state index contributed by atoms with van der Waals surface area (Å²) in [5, 5.41) is 16.5. The molecule has 156 valence electrons. The highest BCUT2D eigenvalue weighted by Crippen LogP contribution is 2.19. The lowest BCUT2D eigenvalue weighted by molar-refractivity contribution is -0.117. The maximum absolute atomic E-state index is 13.2. The molecule has 3 aromatic rings. The summed E-state index contributed by atoms with van der Waals surface area (Å²) in [6.07, 6.45) is 2.71. The Hall–Kier alpha value is -4.26. The standard InChI is InChI=1S/C24H20FN3O3/c1-16-6-5-9-19(22(16)29)15-26-28-24(31)21(14-17-10-12-20(25)13-11-17)27-23(30)18-7-3-2-4-8-18/h2-15,29H,1H3,(H,27,30)(H,28,31)/b21-14+,26-15+. The number of halogens is 1. The summed E-state index contributed by atoms with van der Waals surface area (Å²) in [5.74, 6) is -1.53. The Morgan fingerprint density at radius 1 is 0.968 bits per heavy atom. The molecule has 31 heavy (non-hydrogen) atoms. The molecule has 0 saturated carbocycles. The predicted octanol–water partition coefficient (Wildman–Crippen LogP) is 3.76. The normalized spacial score (nSPS) is 11.4. The number of hydrogen-bond donors (Lipinski definition) is 3. The summed E-state index contributed by atoms with van der Waals surface area (Å²) in [7, 11) is 0. The van der Waals surface area contributed by atoms with Gasteiger partial charge >= 0.3 is 0 Å². The van der Waals surface area contributed by atoms with Crippen LogP contribution in [0.25, 0.3) is 6.08 Å². The quantitative estimate of drug-likeness (QED) is 0.324. The van der Waals surface area contributed by atoms with Crippen LogP contribution in [0.15, 0.2) is 83.6 Å². The highest BCUT2D eigenvalue weighted by atomic mass is 19.1. The fourth-order valence-corrected chi connectivity index (χ4v) is 2.67. The molecule has 7 heteroatoms. The molecule has 0 bridgehead atoms. The first-order valence-electron chi connectivity index (χ1n) is 9.39. The Balaban J connectivity index is 1.81. The molecule has 0 heterocycles. The van der Waals surface area contributed by atoms with Crippen molar-refractivity contribution in [2.24, 2.45) is 5.10 Å². The van der Waals surface area contributed by atoms with E-state index in [2.05, 4.69) is 15.8 Å². The van der Waals surface area contributed by atoms with Crippen molar-refractivity contribution in [2.75, 3.05) is 0 Å². The van der Waals surface area contributed by atoms with Gasteiger partial charge in [-0.1, -0.05) is 42.5 Å². The van der Waals surface area contributed by atoms with E-state index in [1.807, 2.05) is 0 Å². The monoisotopic (exact) mass is 417 g/mol. The summed E-state index contributed by atoms with van der Waals surface area (Å²) in [6.45, 7) is 1.74. The Labute approximate surface area is 178 Å². The van der Waals surface area contributed by atoms with Crippen molar-refractivity contribution in [3.05, 3.63) is 107 Å². The van der Waals surface area contributed by atoms with Gasteiger partial charge in [-0.25, -0.2) is 9.82 Å². The van der Waals surface area contributed by atoms with Crippen LogP contribution in [0.4, 0.5) is 4.39 Å². The summed E-state index contributed by atoms with van der Waals surface area (Å²) in [6, 6.07) is 19.0. The number of carbonyl (C=O) groups excluding carboxylic acids is 2. The molecule has 0 saturated heterocycles. The average molecular weight is 417 g/mol. The lowest BCUT2D eigenvalue weighted by atomic mass is 10.1. The predicted molar refractivity (Wildman–Crippen MR) is 117 cm³/mol. The van der Waals surface area contributed by atoms with Gasteiger partial charge < -0.3 is 10.4 Å². The van der Waals surface area contributed by atoms with Gasteiger partial charge in [0, 0.05) is 11.1 Å². The van der Waals surface area contributed by atoms with Crippen LogP contribution < -0.4 is 10.7 Å². The topological polar surface area (TPSA) is 90.8 Å². The van der Waals surface area contributed by atoms with Gasteiger partial charge in [0.05, 0.1) is 6.21 Å². The molecule has 2 amide bonds. The number of phenolic OH excluding ortho intramolecular Hbond substituents is 1. The first kappa shape index (κ1) is 21.4. The first-order valence-corrected chi connectivity index (χ1v) is 9.39. The maximum atomic E-state index is 13.2. The van der Waals surface area contributed by atoms with Crippen LogP contribution in [0.1, 0.15) is 27.0 Å². The molecule has 0 atom stereocenters. The molecule has 0 fully saturated rings. The number of nitrogens with one attached hydrogen (secondary N) is 2. The van der Waals surface area contributed by atoms with Crippen molar-refractivity contribution in [3.8, 4) is 5.75 Å². The Morgan fingerprint density at radius 2 is 1.68 bits per heavy atom. The van der Waals surface area contributed by atoms with Crippen molar-refractivity contribution in [2.45, 2.75) is 6.92 Å². The molecule has 3 aromatic carbocycles. The minimum Gasteiger partial charge on any atom is -0.507 e. The van der Waals surface area contributed by atoms with Gasteiger partial charge in [-0.3, -0.25) is 9.59 Å². The zero-order valence-electron chi connectivity index (χ0n) is 16.7. The Morgan fingerprint density at radius 3 is 2.39 bits per heavy atom. The summed E-state index contributed by atoms with van der Waals surface area (Å²) in [5.41, 5.74) is 4.23. The number of benzene rings is 3. The number of aromatic hydroxyl groups is 1. The lowest BCUT2D eigenvalue weighted by Crippen LogP contribution is -2.32. The van der Waals surface area contributed by atoms with Crippen LogP contribution in [-0.2, 0) is 4.79 Å². The number of carbonyl (C=O) groups is 2. The van der Waals surface area contributed by atoms with E-state index in [0.717, 1.165) is 0 Å². The van der Waals surface area contributed by atoms with Gasteiger partial charge in [-0.15, -0.1) is 0 Å². The Bertz CT molecular complexity index is 1140. The number of aryl methyl sites for hydroxylation is 1. The van der Waals surface area contributed by atoms with Gasteiger partial charge in [0.2, 0.25) is 0 Å². The minimum absolute atomic E-state index is 0.0555. The van der Waals surface area contributed by atoms with Crippen LogP contribution in [0.3, 0.4) is 0 Å². The number of amides is 2. The lowest BCUT2D eigenvalue weighted by Gasteiger charge is -2.09. The van der Waals surface area contributed by atoms with E-state index in [1.54, 1.807) is 55.5 Å². The first-order chi connectivity index (χ1) is 14.9. The molecule has 0 radical (unpaired) electrons. The van der Waals surface area contributed by atoms with Gasteiger partial charge in [-0.05, 0) is 54.5 Å². The van der Waals surface area contributed by atoms with Gasteiger partial charge in [-0.2, -0.15) is 5.10 Å². The highest BCUT2D eigenvalue weighted by Gasteiger charge is 2.14. The molecule has 0 aliphatic rings. The molecule has 0 unspecified atom stereocenters. The maximum Gasteiger partial charge on any atom is 0.287 e. The number of rotatable bonds is 6. The van der Waals surface area contributed by atoms with Crippen LogP contribution in [0.5, 0.6) is 5.75 Å². The summed E-state index contributed by atoms with van der Waals surface area (Å²) >= 11 is 0. The highest BCUT2D eigenvalue weighted by molar-refractivity contribution is 6.05. The fraction of sp³-hybridized carbons (Fsp3) is 0.0417. The molecule has 3 N–H and O–H groups in total. The zero-order chi connectivity index (χ0) is 22.2. The summed E-state index contributed by atoms with van der Waals surface area (Å²) in [4.78, 5) is 25.2. The van der Waals surface area contributed by atoms with E-state index in [-0.39, 0.29) is 11.4 Å². The smallest absolute Gasteiger partial charge is 0.287 e. The molecule has 0 aromatic heterocycles. The second kappa shape index (κ2) is 9.98. The van der Waals surface area contributed by atoms with Crippen LogP contribution in [0, 0.1) is 12.7 Å². The van der Waals surface area contributed by atoms with E-state index in [9.17, 15) is 19.1 Å². The van der Waals surface area contributed by atoms with Crippen molar-refractivity contribution in [3.63, 3.8) is 0 Å². The molecule has 3 rings (SSSR count). The van der Waals surface area contributed by atoms with Gasteiger partial charge in [0.15, 0.2) is 0 Å². The zero-order valence-corrected chi connectivity index (χ0v) is 16.7. The third-order valence-electron chi connectivity index (χ3n) is 4.35. The molecule has 0 spiro atoms. The average Bonchev–Trinajstić information content (AvgIpc) is 2.78. The third kappa shape index (κ3) is 5.86. The van der Waals surface area contributed by atoms with E-state index in [0.29, 0.717) is 22.3 Å². The number of para-hydroxylation sites is 1. The number of hydrazone groups is 1. The largest absolute Gasteiger partial charge is 0.507 e. The van der Waals surface area contributed by atoms with Crippen LogP contribution >= 0.6 is 0 Å². The van der Waals surface area contributed by atoms with Gasteiger partial charge in [0.25, 0.3) is 11.8 Å². The Kier molecular flexibility index (Phi) is 6.90.